The molecule has 0 aliphatic rings. The minimum absolute atomic E-state index is 0.221. The second-order valence-electron chi connectivity index (χ2n) is 2.91. The van der Waals surface area contributed by atoms with Crippen LogP contribution in [0.5, 0.6) is 0 Å². The molecule has 0 aromatic rings. The van der Waals surface area contributed by atoms with Crippen LogP contribution in [0.1, 0.15) is 26.7 Å². The molecular weight excluding hydrogens is 138 g/mol. The Bertz CT molecular complexity index is 112. The zero-order chi connectivity index (χ0) is 8.69. The fraction of sp³-hybridized carbons (Fsp3) is 0.778. The molecule has 0 heterocycles. The SMILES string of the molecule is C=C(C)CC(N)CCOCC. The van der Waals surface area contributed by atoms with Gasteiger partial charge in [0.2, 0.25) is 0 Å². The van der Waals surface area contributed by atoms with Crippen molar-refractivity contribution >= 4 is 0 Å². The van der Waals surface area contributed by atoms with Gasteiger partial charge in [-0.2, -0.15) is 0 Å². The summed E-state index contributed by atoms with van der Waals surface area (Å²) in [7, 11) is 0. The van der Waals surface area contributed by atoms with Gasteiger partial charge in [0.25, 0.3) is 0 Å². The molecule has 0 saturated carbocycles. The second-order valence-corrected chi connectivity index (χ2v) is 2.91. The van der Waals surface area contributed by atoms with Crippen molar-refractivity contribution in [1.82, 2.24) is 0 Å². The number of hydrogen-bond acceptors (Lipinski definition) is 2. The molecule has 0 bridgehead atoms. The fourth-order valence-corrected chi connectivity index (χ4v) is 0.929. The molecule has 0 aliphatic heterocycles. The van der Waals surface area contributed by atoms with Crippen molar-refractivity contribution in [1.29, 1.82) is 0 Å². The molecule has 0 amide bonds. The van der Waals surface area contributed by atoms with Crippen LogP contribution in [0.3, 0.4) is 0 Å². The lowest BCUT2D eigenvalue weighted by Crippen LogP contribution is -2.22. The van der Waals surface area contributed by atoms with Crippen LogP contribution in [-0.2, 0) is 4.74 Å². The molecule has 11 heavy (non-hydrogen) atoms. The van der Waals surface area contributed by atoms with Crippen LogP contribution in [0.15, 0.2) is 12.2 Å². The quantitative estimate of drug-likeness (QED) is 0.470. The van der Waals surface area contributed by atoms with Crippen LogP contribution in [-0.4, -0.2) is 19.3 Å². The van der Waals surface area contributed by atoms with E-state index < -0.39 is 0 Å². The summed E-state index contributed by atoms with van der Waals surface area (Å²) in [6.07, 6.45) is 1.84. The summed E-state index contributed by atoms with van der Waals surface area (Å²) in [5.41, 5.74) is 6.92. The molecule has 1 atom stereocenters. The van der Waals surface area contributed by atoms with Gasteiger partial charge in [0.05, 0.1) is 0 Å². The summed E-state index contributed by atoms with van der Waals surface area (Å²) in [4.78, 5) is 0. The van der Waals surface area contributed by atoms with Gasteiger partial charge < -0.3 is 10.5 Å². The summed E-state index contributed by atoms with van der Waals surface area (Å²) in [5.74, 6) is 0. The third kappa shape index (κ3) is 7.56. The zero-order valence-electron chi connectivity index (χ0n) is 7.60. The van der Waals surface area contributed by atoms with Gasteiger partial charge in [-0.3, -0.25) is 0 Å². The van der Waals surface area contributed by atoms with Crippen molar-refractivity contribution in [2.75, 3.05) is 13.2 Å². The van der Waals surface area contributed by atoms with Gasteiger partial charge in [0.1, 0.15) is 0 Å². The van der Waals surface area contributed by atoms with E-state index in [4.69, 9.17) is 10.5 Å². The van der Waals surface area contributed by atoms with Crippen LogP contribution in [0.4, 0.5) is 0 Å². The highest BCUT2D eigenvalue weighted by molar-refractivity contribution is 4.91. The van der Waals surface area contributed by atoms with Crippen molar-refractivity contribution < 1.29 is 4.74 Å². The first-order valence-corrected chi connectivity index (χ1v) is 4.14. The third-order valence-corrected chi connectivity index (χ3v) is 1.45. The molecule has 0 saturated heterocycles. The minimum atomic E-state index is 0.221. The summed E-state index contributed by atoms with van der Waals surface area (Å²) >= 11 is 0. The van der Waals surface area contributed by atoms with Crippen molar-refractivity contribution in [3.05, 3.63) is 12.2 Å². The monoisotopic (exact) mass is 157 g/mol. The van der Waals surface area contributed by atoms with E-state index in [1.54, 1.807) is 0 Å². The Morgan fingerprint density at radius 3 is 2.73 bits per heavy atom. The molecule has 1 unspecified atom stereocenters. The lowest BCUT2D eigenvalue weighted by atomic mass is 10.1. The Kier molecular flexibility index (Phi) is 6.18. The van der Waals surface area contributed by atoms with E-state index in [-0.39, 0.29) is 6.04 Å². The highest BCUT2D eigenvalue weighted by Crippen LogP contribution is 2.02. The zero-order valence-corrected chi connectivity index (χ0v) is 7.60. The molecule has 0 fully saturated rings. The van der Waals surface area contributed by atoms with Crippen LogP contribution >= 0.6 is 0 Å². The molecule has 0 aromatic heterocycles. The fourth-order valence-electron chi connectivity index (χ4n) is 0.929. The molecule has 0 aromatic carbocycles. The van der Waals surface area contributed by atoms with Gasteiger partial charge in [0, 0.05) is 19.3 Å². The summed E-state index contributed by atoms with van der Waals surface area (Å²) in [6, 6.07) is 0.221. The van der Waals surface area contributed by atoms with Crippen LogP contribution in [0.2, 0.25) is 0 Å². The van der Waals surface area contributed by atoms with E-state index >= 15 is 0 Å². The Hall–Kier alpha value is -0.340. The first kappa shape index (κ1) is 10.7. The minimum Gasteiger partial charge on any atom is -0.382 e. The predicted molar refractivity (Wildman–Crippen MR) is 48.5 cm³/mol. The maximum Gasteiger partial charge on any atom is 0.0480 e. The second kappa shape index (κ2) is 6.38. The first-order valence-electron chi connectivity index (χ1n) is 4.14. The molecular formula is C9H19NO. The van der Waals surface area contributed by atoms with Crippen LogP contribution < -0.4 is 5.73 Å². The maximum absolute atomic E-state index is 5.77. The highest BCUT2D eigenvalue weighted by atomic mass is 16.5. The van der Waals surface area contributed by atoms with Crippen molar-refractivity contribution in [3.8, 4) is 0 Å². The third-order valence-electron chi connectivity index (χ3n) is 1.45. The van der Waals surface area contributed by atoms with Crippen molar-refractivity contribution in [2.45, 2.75) is 32.7 Å². The first-order chi connectivity index (χ1) is 5.16. The van der Waals surface area contributed by atoms with Crippen LogP contribution in [0, 0.1) is 0 Å². The van der Waals surface area contributed by atoms with Gasteiger partial charge in [-0.1, -0.05) is 5.57 Å². The van der Waals surface area contributed by atoms with E-state index in [1.807, 2.05) is 13.8 Å². The van der Waals surface area contributed by atoms with Gasteiger partial charge in [0.15, 0.2) is 0 Å². The molecule has 0 rings (SSSR count). The molecule has 66 valence electrons. The van der Waals surface area contributed by atoms with Gasteiger partial charge in [-0.15, -0.1) is 6.58 Å². The summed E-state index contributed by atoms with van der Waals surface area (Å²) in [6.45, 7) is 9.34. The van der Waals surface area contributed by atoms with Crippen molar-refractivity contribution in [2.24, 2.45) is 5.73 Å². The van der Waals surface area contributed by atoms with Crippen molar-refractivity contribution in [3.63, 3.8) is 0 Å². The standard InChI is InChI=1S/C9H19NO/c1-4-11-6-5-9(10)7-8(2)3/h9H,2,4-7,10H2,1,3H3. The highest BCUT2D eigenvalue weighted by Gasteiger charge is 2.01. The number of rotatable bonds is 6. The molecule has 0 spiro atoms. The number of hydrogen-bond donors (Lipinski definition) is 1. The molecule has 0 aliphatic carbocycles. The maximum atomic E-state index is 5.77. The van der Waals surface area contributed by atoms with E-state index in [0.717, 1.165) is 31.6 Å². The Labute approximate surface area is 69.4 Å². The smallest absolute Gasteiger partial charge is 0.0480 e. The number of nitrogens with two attached hydrogens (primary N) is 1. The van der Waals surface area contributed by atoms with Gasteiger partial charge >= 0.3 is 0 Å². The summed E-state index contributed by atoms with van der Waals surface area (Å²) in [5, 5.41) is 0. The van der Waals surface area contributed by atoms with Gasteiger partial charge in [-0.25, -0.2) is 0 Å². The van der Waals surface area contributed by atoms with E-state index in [2.05, 4.69) is 6.58 Å². The molecule has 2 heteroatoms. The average molecular weight is 157 g/mol. The van der Waals surface area contributed by atoms with E-state index in [9.17, 15) is 0 Å². The molecule has 2 N–H and O–H groups in total. The Balaban J connectivity index is 3.22. The van der Waals surface area contributed by atoms with Gasteiger partial charge in [-0.05, 0) is 26.7 Å². The largest absolute Gasteiger partial charge is 0.382 e. The van der Waals surface area contributed by atoms with E-state index in [1.165, 1.54) is 0 Å². The molecule has 2 nitrogen and oxygen atoms in total. The van der Waals surface area contributed by atoms with Crippen LogP contribution in [0.25, 0.3) is 0 Å². The van der Waals surface area contributed by atoms with E-state index in [0.29, 0.717) is 0 Å². The summed E-state index contributed by atoms with van der Waals surface area (Å²) < 4.78 is 5.18. The lowest BCUT2D eigenvalue weighted by Gasteiger charge is -2.10. The topological polar surface area (TPSA) is 35.2 Å². The Morgan fingerprint density at radius 2 is 2.27 bits per heavy atom. The normalized spacial score (nSPS) is 13.0. The lowest BCUT2D eigenvalue weighted by molar-refractivity contribution is 0.140. The Morgan fingerprint density at radius 1 is 1.64 bits per heavy atom. The predicted octanol–water partition coefficient (Wildman–Crippen LogP) is 1.71. The average Bonchev–Trinajstić information content (AvgIpc) is 1.86. The number of ether oxygens (including phenoxy) is 1. The molecule has 0 radical (unpaired) electrons.